The topological polar surface area (TPSA) is 79.3 Å². The Morgan fingerprint density at radius 2 is 1.91 bits per heavy atom. The molecule has 1 aromatic carbocycles. The molecule has 5 nitrogen and oxygen atoms in total. The van der Waals surface area contributed by atoms with Crippen LogP contribution in [0, 0.1) is 0 Å². The average Bonchev–Trinajstić information content (AvgIpc) is 2.55. The number of nitrogens with zero attached hydrogens (tertiary/aromatic N) is 1. The van der Waals surface area contributed by atoms with Gasteiger partial charge in [-0.1, -0.05) is 24.3 Å². The van der Waals surface area contributed by atoms with E-state index in [0.29, 0.717) is 12.8 Å². The maximum Gasteiger partial charge on any atom is 0.329 e. The van der Waals surface area contributed by atoms with E-state index < -0.39 is 17.4 Å². The number of benzene rings is 1. The molecule has 0 saturated carbocycles. The molecule has 1 saturated heterocycles. The van der Waals surface area contributed by atoms with Gasteiger partial charge in [0.25, 0.3) is 5.91 Å². The van der Waals surface area contributed by atoms with Crippen molar-refractivity contribution in [3.8, 4) is 0 Å². The predicted molar refractivity (Wildman–Crippen MR) is 86.1 cm³/mol. The van der Waals surface area contributed by atoms with Gasteiger partial charge in [-0.25, -0.2) is 4.79 Å². The summed E-state index contributed by atoms with van der Waals surface area (Å²) in [7, 11) is 0. The highest BCUT2D eigenvalue weighted by Gasteiger charge is 2.41. The summed E-state index contributed by atoms with van der Waals surface area (Å²) in [5.74, 6) is 0.0675. The molecule has 0 spiro atoms. The average molecular weight is 316 g/mol. The second-order valence-electron chi connectivity index (χ2n) is 5.33. The van der Waals surface area contributed by atoms with E-state index in [1.807, 2.05) is 30.3 Å². The minimum absolute atomic E-state index is 0.275. The molecule has 114 valence electrons. The summed E-state index contributed by atoms with van der Waals surface area (Å²) in [6, 6.07) is 9.28. The van der Waals surface area contributed by atoms with E-state index in [4.69, 9.17) is 0 Å². The fourth-order valence-electron chi connectivity index (χ4n) is 2.69. The Morgan fingerprint density at radius 3 is 2.64 bits per heavy atom. The highest BCUT2D eigenvalue weighted by atomic mass is 32.2. The monoisotopic (exact) mass is 316 g/mol. The lowest BCUT2D eigenvalue weighted by molar-refractivity contribution is -0.144. The SMILES string of the molecule is O=C(NC1(C(=O)O)CCSCC1)c1nccc2ccccc12. The number of aliphatic carboxylic acids is 1. The van der Waals surface area contributed by atoms with Gasteiger partial charge in [-0.3, -0.25) is 9.78 Å². The molecule has 1 amide bonds. The van der Waals surface area contributed by atoms with Crippen molar-refractivity contribution in [3.05, 3.63) is 42.2 Å². The van der Waals surface area contributed by atoms with Crippen molar-refractivity contribution >= 4 is 34.4 Å². The maximum atomic E-state index is 12.6. The van der Waals surface area contributed by atoms with Crippen LogP contribution >= 0.6 is 11.8 Å². The van der Waals surface area contributed by atoms with Gasteiger partial charge in [0, 0.05) is 11.6 Å². The van der Waals surface area contributed by atoms with Crippen LogP contribution in [-0.2, 0) is 4.79 Å². The number of carbonyl (C=O) groups excluding carboxylic acids is 1. The normalized spacial score (nSPS) is 17.1. The quantitative estimate of drug-likeness (QED) is 0.908. The largest absolute Gasteiger partial charge is 0.480 e. The number of aromatic nitrogens is 1. The first kappa shape index (κ1) is 14.8. The van der Waals surface area contributed by atoms with Crippen LogP contribution in [0.3, 0.4) is 0 Å². The van der Waals surface area contributed by atoms with Crippen molar-refractivity contribution in [2.75, 3.05) is 11.5 Å². The summed E-state index contributed by atoms with van der Waals surface area (Å²) >= 11 is 1.71. The lowest BCUT2D eigenvalue weighted by atomic mass is 9.92. The van der Waals surface area contributed by atoms with E-state index >= 15 is 0 Å². The molecule has 0 atom stereocenters. The van der Waals surface area contributed by atoms with Gasteiger partial charge in [0.1, 0.15) is 11.2 Å². The Hall–Kier alpha value is -2.08. The Bertz CT molecular complexity index is 721. The fraction of sp³-hybridized carbons (Fsp3) is 0.312. The van der Waals surface area contributed by atoms with E-state index in [-0.39, 0.29) is 5.69 Å². The van der Waals surface area contributed by atoms with Gasteiger partial charge >= 0.3 is 5.97 Å². The van der Waals surface area contributed by atoms with Gasteiger partial charge in [0.15, 0.2) is 0 Å². The third-order valence-electron chi connectivity index (χ3n) is 4.00. The molecule has 0 radical (unpaired) electrons. The molecule has 1 fully saturated rings. The standard InChI is InChI=1S/C16H16N2O3S/c19-14(18-16(15(20)21)6-9-22-10-7-16)13-12-4-2-1-3-11(12)5-8-17-13/h1-5,8H,6-7,9-10H2,(H,18,19)(H,20,21). The van der Waals surface area contributed by atoms with Crippen LogP contribution in [0.25, 0.3) is 10.8 Å². The smallest absolute Gasteiger partial charge is 0.329 e. The van der Waals surface area contributed by atoms with E-state index in [1.165, 1.54) is 0 Å². The number of thioether (sulfide) groups is 1. The first-order chi connectivity index (χ1) is 10.6. The van der Waals surface area contributed by atoms with Crippen LogP contribution in [0.4, 0.5) is 0 Å². The van der Waals surface area contributed by atoms with Crippen molar-refractivity contribution in [2.24, 2.45) is 0 Å². The number of carboxylic acid groups (broad SMARTS) is 1. The van der Waals surface area contributed by atoms with E-state index in [1.54, 1.807) is 18.0 Å². The Morgan fingerprint density at radius 1 is 1.18 bits per heavy atom. The molecule has 0 unspecified atom stereocenters. The molecular formula is C16H16N2O3S. The molecule has 0 bridgehead atoms. The van der Waals surface area contributed by atoms with Crippen LogP contribution in [0.15, 0.2) is 36.5 Å². The number of hydrogen-bond acceptors (Lipinski definition) is 4. The van der Waals surface area contributed by atoms with Gasteiger partial charge < -0.3 is 10.4 Å². The zero-order valence-corrected chi connectivity index (χ0v) is 12.7. The molecule has 1 aromatic heterocycles. The summed E-state index contributed by atoms with van der Waals surface area (Å²) in [5.41, 5.74) is -0.905. The number of rotatable bonds is 3. The molecular weight excluding hydrogens is 300 g/mol. The molecule has 22 heavy (non-hydrogen) atoms. The fourth-order valence-corrected chi connectivity index (χ4v) is 3.88. The third kappa shape index (κ3) is 2.66. The van der Waals surface area contributed by atoms with Crippen LogP contribution < -0.4 is 5.32 Å². The molecule has 1 aliphatic rings. The van der Waals surface area contributed by atoms with Crippen LogP contribution in [0.2, 0.25) is 0 Å². The lowest BCUT2D eigenvalue weighted by Gasteiger charge is -2.33. The minimum Gasteiger partial charge on any atom is -0.480 e. The molecule has 2 N–H and O–H groups in total. The van der Waals surface area contributed by atoms with Crippen LogP contribution in [0.1, 0.15) is 23.3 Å². The van der Waals surface area contributed by atoms with Gasteiger partial charge in [-0.15, -0.1) is 0 Å². The van der Waals surface area contributed by atoms with E-state index in [2.05, 4.69) is 10.3 Å². The van der Waals surface area contributed by atoms with Gasteiger partial charge in [0.05, 0.1) is 0 Å². The highest BCUT2D eigenvalue weighted by molar-refractivity contribution is 7.99. The summed E-state index contributed by atoms with van der Waals surface area (Å²) < 4.78 is 0. The number of carboxylic acids is 1. The zero-order valence-electron chi connectivity index (χ0n) is 11.9. The number of pyridine rings is 1. The van der Waals surface area contributed by atoms with Crippen LogP contribution in [-0.4, -0.2) is 39.0 Å². The molecule has 3 rings (SSSR count). The second kappa shape index (κ2) is 5.96. The summed E-state index contributed by atoms with van der Waals surface area (Å²) in [6.45, 7) is 0. The molecule has 1 aliphatic heterocycles. The number of nitrogens with one attached hydrogen (secondary N) is 1. The maximum absolute atomic E-state index is 12.6. The zero-order chi connectivity index (χ0) is 15.6. The molecule has 2 aromatic rings. The third-order valence-corrected chi connectivity index (χ3v) is 4.98. The van der Waals surface area contributed by atoms with Gasteiger partial charge in [-0.2, -0.15) is 11.8 Å². The van der Waals surface area contributed by atoms with Crippen molar-refractivity contribution in [2.45, 2.75) is 18.4 Å². The Labute approximate surface area is 132 Å². The second-order valence-corrected chi connectivity index (χ2v) is 6.56. The predicted octanol–water partition coefficient (Wildman–Crippen LogP) is 2.32. The highest BCUT2D eigenvalue weighted by Crippen LogP contribution is 2.28. The Kier molecular flexibility index (Phi) is 4.02. The summed E-state index contributed by atoms with van der Waals surface area (Å²) in [5, 5.41) is 13.9. The van der Waals surface area contributed by atoms with Gasteiger partial charge in [-0.05, 0) is 35.8 Å². The van der Waals surface area contributed by atoms with E-state index in [0.717, 1.165) is 22.3 Å². The van der Waals surface area contributed by atoms with Crippen molar-refractivity contribution in [3.63, 3.8) is 0 Å². The van der Waals surface area contributed by atoms with E-state index in [9.17, 15) is 14.7 Å². The summed E-state index contributed by atoms with van der Waals surface area (Å²) in [4.78, 5) is 28.4. The number of fused-ring (bicyclic) bond motifs is 1. The Balaban J connectivity index is 1.94. The number of hydrogen-bond donors (Lipinski definition) is 2. The van der Waals surface area contributed by atoms with Gasteiger partial charge in [0.2, 0.25) is 0 Å². The first-order valence-corrected chi connectivity index (χ1v) is 8.25. The van der Waals surface area contributed by atoms with Crippen molar-refractivity contribution in [1.29, 1.82) is 0 Å². The molecule has 0 aliphatic carbocycles. The number of carbonyl (C=O) groups is 2. The van der Waals surface area contributed by atoms with Crippen molar-refractivity contribution in [1.82, 2.24) is 10.3 Å². The minimum atomic E-state index is -1.18. The number of amides is 1. The molecule has 6 heteroatoms. The molecule has 2 heterocycles. The van der Waals surface area contributed by atoms with Crippen molar-refractivity contribution < 1.29 is 14.7 Å². The summed E-state index contributed by atoms with van der Waals surface area (Å²) in [6.07, 6.45) is 2.44. The van der Waals surface area contributed by atoms with Crippen LogP contribution in [0.5, 0.6) is 0 Å². The first-order valence-electron chi connectivity index (χ1n) is 7.10. The lowest BCUT2D eigenvalue weighted by Crippen LogP contribution is -2.56.